The third kappa shape index (κ3) is 5.35. The zero-order chi connectivity index (χ0) is 18.4. The lowest BCUT2D eigenvalue weighted by Gasteiger charge is -2.04. The number of allylic oxidation sites excluding steroid dienone is 1. The number of benzene rings is 3. The van der Waals surface area contributed by atoms with Gasteiger partial charge in [0.1, 0.15) is 0 Å². The molecule has 26 heavy (non-hydrogen) atoms. The molecule has 0 spiro atoms. The van der Waals surface area contributed by atoms with Gasteiger partial charge in [-0.3, -0.25) is 0 Å². The third-order valence-electron chi connectivity index (χ3n) is 3.85. The Morgan fingerprint density at radius 3 is 2.19 bits per heavy atom. The van der Waals surface area contributed by atoms with Gasteiger partial charge in [0.05, 0.1) is 11.4 Å². The molecule has 0 heterocycles. The Hall–Kier alpha value is -2.29. The summed E-state index contributed by atoms with van der Waals surface area (Å²) in [6, 6.07) is 24.5. The van der Waals surface area contributed by atoms with Crippen molar-refractivity contribution in [2.24, 2.45) is 4.99 Å². The Labute approximate surface area is 164 Å². The maximum absolute atomic E-state index is 6.17. The smallest absolute Gasteiger partial charge is 0.0715 e. The van der Waals surface area contributed by atoms with E-state index >= 15 is 0 Å². The van der Waals surface area contributed by atoms with Crippen LogP contribution in [0.5, 0.6) is 0 Å². The van der Waals surface area contributed by atoms with Gasteiger partial charge in [0.25, 0.3) is 0 Å². The van der Waals surface area contributed by atoms with Gasteiger partial charge in [0.15, 0.2) is 0 Å². The molecular weight excluding hydrogens is 358 g/mol. The summed E-state index contributed by atoms with van der Waals surface area (Å²) in [5.41, 5.74) is 5.29. The van der Waals surface area contributed by atoms with Crippen molar-refractivity contribution in [1.29, 1.82) is 0 Å². The maximum Gasteiger partial charge on any atom is 0.0715 e. The van der Waals surface area contributed by atoms with Crippen molar-refractivity contribution in [3.8, 4) is 0 Å². The molecule has 3 aromatic rings. The van der Waals surface area contributed by atoms with Crippen LogP contribution in [0.25, 0.3) is 0 Å². The van der Waals surface area contributed by atoms with E-state index in [1.807, 2.05) is 42.5 Å². The number of rotatable bonds is 5. The van der Waals surface area contributed by atoms with Crippen molar-refractivity contribution in [3.05, 3.63) is 106 Å². The first-order chi connectivity index (χ1) is 12.6. The molecule has 0 aliphatic rings. The van der Waals surface area contributed by atoms with Crippen molar-refractivity contribution in [2.75, 3.05) is 0 Å². The average Bonchev–Trinajstić information content (AvgIpc) is 2.64. The second-order valence-corrected chi connectivity index (χ2v) is 7.49. The topological polar surface area (TPSA) is 12.4 Å². The molecule has 3 heteroatoms. The van der Waals surface area contributed by atoms with E-state index in [4.69, 9.17) is 16.6 Å². The Morgan fingerprint density at radius 2 is 1.54 bits per heavy atom. The normalized spacial score (nSPS) is 11.9. The molecule has 0 bridgehead atoms. The average molecular weight is 378 g/mol. The Morgan fingerprint density at radius 1 is 0.885 bits per heavy atom. The van der Waals surface area contributed by atoms with Crippen molar-refractivity contribution >= 4 is 34.8 Å². The lowest BCUT2D eigenvalue weighted by molar-refractivity contribution is 1.38. The molecule has 0 unspecified atom stereocenters. The number of aryl methyl sites for hydroxylation is 2. The van der Waals surface area contributed by atoms with Crippen LogP contribution < -0.4 is 0 Å². The first-order valence-electron chi connectivity index (χ1n) is 8.41. The quantitative estimate of drug-likeness (QED) is 0.333. The predicted molar refractivity (Wildman–Crippen MR) is 115 cm³/mol. The number of hydrogen-bond acceptors (Lipinski definition) is 2. The molecule has 0 aliphatic carbocycles. The molecule has 0 aromatic heterocycles. The lowest BCUT2D eigenvalue weighted by atomic mass is 10.1. The fourth-order valence-electron chi connectivity index (χ4n) is 2.40. The molecular formula is C23H20ClNS. The van der Waals surface area contributed by atoms with E-state index in [1.54, 1.807) is 11.8 Å². The lowest BCUT2D eigenvalue weighted by Crippen LogP contribution is -1.96. The number of nitrogens with zero attached hydrogens (tertiary/aromatic N) is 1. The monoisotopic (exact) mass is 377 g/mol. The minimum Gasteiger partial charge on any atom is -0.248 e. The Bertz CT molecular complexity index is 925. The van der Waals surface area contributed by atoms with Gasteiger partial charge in [-0.1, -0.05) is 70.9 Å². The van der Waals surface area contributed by atoms with E-state index in [1.165, 1.54) is 16.0 Å². The van der Waals surface area contributed by atoms with Crippen molar-refractivity contribution in [3.63, 3.8) is 0 Å². The van der Waals surface area contributed by atoms with Gasteiger partial charge >= 0.3 is 0 Å². The van der Waals surface area contributed by atoms with E-state index in [0.717, 1.165) is 17.0 Å². The molecule has 130 valence electrons. The summed E-state index contributed by atoms with van der Waals surface area (Å²) in [5.74, 6) is 0. The molecule has 0 fully saturated rings. The van der Waals surface area contributed by atoms with Crippen LogP contribution >= 0.6 is 23.4 Å². The molecule has 0 saturated heterocycles. The van der Waals surface area contributed by atoms with Crippen LogP contribution in [0.2, 0.25) is 5.02 Å². The fourth-order valence-corrected chi connectivity index (χ4v) is 3.24. The van der Waals surface area contributed by atoms with Crippen LogP contribution in [0.4, 0.5) is 5.69 Å². The number of thioether (sulfide) groups is 1. The molecule has 0 atom stereocenters. The minimum absolute atomic E-state index is 0.707. The van der Waals surface area contributed by atoms with Gasteiger partial charge in [-0.2, -0.15) is 0 Å². The third-order valence-corrected chi connectivity index (χ3v) is 4.91. The first kappa shape index (κ1) is 18.5. The van der Waals surface area contributed by atoms with Crippen molar-refractivity contribution in [2.45, 2.75) is 18.7 Å². The summed E-state index contributed by atoms with van der Waals surface area (Å²) in [4.78, 5) is 6.02. The highest BCUT2D eigenvalue weighted by Crippen LogP contribution is 2.22. The first-order valence-corrected chi connectivity index (χ1v) is 9.67. The predicted octanol–water partition coefficient (Wildman–Crippen LogP) is 7.38. The molecule has 3 aromatic carbocycles. The Balaban J connectivity index is 1.88. The van der Waals surface area contributed by atoms with Gasteiger partial charge < -0.3 is 0 Å². The van der Waals surface area contributed by atoms with Crippen LogP contribution in [0.15, 0.2) is 94.2 Å². The largest absolute Gasteiger partial charge is 0.248 e. The highest BCUT2D eigenvalue weighted by molar-refractivity contribution is 8.02. The van der Waals surface area contributed by atoms with Crippen LogP contribution in [0.3, 0.4) is 0 Å². The summed E-state index contributed by atoms with van der Waals surface area (Å²) in [6.45, 7) is 4.17. The Kier molecular flexibility index (Phi) is 6.32. The zero-order valence-corrected chi connectivity index (χ0v) is 16.4. The van der Waals surface area contributed by atoms with Gasteiger partial charge in [0.2, 0.25) is 0 Å². The molecule has 0 amide bonds. The van der Waals surface area contributed by atoms with Crippen LogP contribution in [0.1, 0.15) is 16.7 Å². The fraction of sp³-hybridized carbons (Fsp3) is 0.0870. The van der Waals surface area contributed by atoms with Crippen molar-refractivity contribution in [1.82, 2.24) is 0 Å². The van der Waals surface area contributed by atoms with Gasteiger partial charge in [0, 0.05) is 15.5 Å². The summed E-state index contributed by atoms with van der Waals surface area (Å²) < 4.78 is 0. The highest BCUT2D eigenvalue weighted by Gasteiger charge is 2.02. The standard InChI is InChI=1S/C23H20ClNS/c1-17-6-10-21(11-7-17)25-23(19-4-3-5-20(24)16-19)14-15-26-22-12-8-18(2)9-13-22/h3-16H,1-2H3. The molecule has 0 N–H and O–H groups in total. The molecule has 0 saturated carbocycles. The summed E-state index contributed by atoms with van der Waals surface area (Å²) >= 11 is 7.85. The van der Waals surface area contributed by atoms with Crippen LogP contribution in [-0.4, -0.2) is 5.71 Å². The molecule has 0 radical (unpaired) electrons. The second kappa shape index (κ2) is 8.88. The van der Waals surface area contributed by atoms with E-state index in [2.05, 4.69) is 55.7 Å². The number of hydrogen-bond donors (Lipinski definition) is 0. The van der Waals surface area contributed by atoms with E-state index < -0.39 is 0 Å². The number of halogens is 1. The van der Waals surface area contributed by atoms with E-state index in [9.17, 15) is 0 Å². The van der Waals surface area contributed by atoms with Crippen molar-refractivity contribution < 1.29 is 0 Å². The number of aliphatic imine (C=N–C) groups is 1. The molecule has 0 aliphatic heterocycles. The van der Waals surface area contributed by atoms with Gasteiger partial charge in [-0.15, -0.1) is 0 Å². The van der Waals surface area contributed by atoms with E-state index in [-0.39, 0.29) is 0 Å². The SMILES string of the molecule is Cc1ccc(N=C(C=CSc2ccc(C)cc2)c2cccc(Cl)c2)cc1. The van der Waals surface area contributed by atoms with Gasteiger partial charge in [-0.25, -0.2) is 4.99 Å². The minimum atomic E-state index is 0.707. The van der Waals surface area contributed by atoms with Crippen LogP contribution in [0, 0.1) is 13.8 Å². The molecule has 3 rings (SSSR count). The summed E-state index contributed by atoms with van der Waals surface area (Å²) in [6.07, 6.45) is 2.04. The van der Waals surface area contributed by atoms with Crippen LogP contribution in [-0.2, 0) is 0 Å². The zero-order valence-electron chi connectivity index (χ0n) is 14.8. The summed E-state index contributed by atoms with van der Waals surface area (Å²) in [7, 11) is 0. The molecule has 1 nitrogen and oxygen atoms in total. The highest BCUT2D eigenvalue weighted by atomic mass is 35.5. The second-order valence-electron chi connectivity index (χ2n) is 6.08. The maximum atomic E-state index is 6.17. The van der Waals surface area contributed by atoms with Gasteiger partial charge in [-0.05, 0) is 61.7 Å². The summed E-state index contributed by atoms with van der Waals surface area (Å²) in [5, 5.41) is 2.78. The van der Waals surface area contributed by atoms with E-state index in [0.29, 0.717) is 5.02 Å².